The minimum Gasteiger partial charge on any atom is -0.379 e. The van der Waals surface area contributed by atoms with Crippen LogP contribution in [0.4, 0.5) is 0 Å². The molecule has 2 fully saturated rings. The molecular weight excluding hydrogens is 354 g/mol. The third-order valence-electron chi connectivity index (χ3n) is 5.96. The van der Waals surface area contributed by atoms with E-state index in [0.717, 1.165) is 64.1 Å². The van der Waals surface area contributed by atoms with Gasteiger partial charge in [0.1, 0.15) is 0 Å². The molecule has 6 heteroatoms. The molecule has 28 heavy (non-hydrogen) atoms. The van der Waals surface area contributed by atoms with Crippen LogP contribution in [0.5, 0.6) is 0 Å². The van der Waals surface area contributed by atoms with Crippen molar-refractivity contribution in [2.24, 2.45) is 11.8 Å². The van der Waals surface area contributed by atoms with Crippen molar-refractivity contribution < 1.29 is 14.3 Å². The smallest absolute Gasteiger partial charge is 0.223 e. The lowest BCUT2D eigenvalue weighted by molar-refractivity contribution is -0.130. The highest BCUT2D eigenvalue weighted by Crippen LogP contribution is 2.29. The Morgan fingerprint density at radius 1 is 1.04 bits per heavy atom. The van der Waals surface area contributed by atoms with Crippen molar-refractivity contribution in [2.45, 2.75) is 38.6 Å². The largest absolute Gasteiger partial charge is 0.379 e. The molecule has 0 bridgehead atoms. The summed E-state index contributed by atoms with van der Waals surface area (Å²) in [7, 11) is 0. The van der Waals surface area contributed by atoms with Crippen molar-refractivity contribution in [3.63, 3.8) is 0 Å². The highest BCUT2D eigenvalue weighted by molar-refractivity contribution is 5.81. The Kier molecular flexibility index (Phi) is 7.86. The summed E-state index contributed by atoms with van der Waals surface area (Å²) in [6.07, 6.45) is 3.16. The van der Waals surface area contributed by atoms with Crippen LogP contribution in [-0.2, 0) is 14.3 Å². The predicted octanol–water partition coefficient (Wildman–Crippen LogP) is 2.12. The Balaban J connectivity index is 1.35. The molecule has 6 nitrogen and oxygen atoms in total. The normalized spacial score (nSPS) is 24.3. The molecule has 0 radical (unpaired) electrons. The van der Waals surface area contributed by atoms with Gasteiger partial charge in [-0.05, 0) is 38.2 Å². The summed E-state index contributed by atoms with van der Waals surface area (Å²) in [6, 6.07) is 10.0. The highest BCUT2D eigenvalue weighted by Gasteiger charge is 2.30. The van der Waals surface area contributed by atoms with E-state index in [1.165, 1.54) is 0 Å². The van der Waals surface area contributed by atoms with Gasteiger partial charge in [-0.2, -0.15) is 0 Å². The number of hydrogen-bond donors (Lipinski definition) is 2. The molecule has 2 N–H and O–H groups in total. The van der Waals surface area contributed by atoms with Crippen molar-refractivity contribution in [1.82, 2.24) is 15.5 Å². The fraction of sp³-hybridized carbons (Fsp3) is 0.636. The van der Waals surface area contributed by atoms with Crippen molar-refractivity contribution in [2.75, 3.05) is 39.4 Å². The molecule has 0 aromatic heterocycles. The van der Waals surface area contributed by atoms with Gasteiger partial charge in [-0.1, -0.05) is 30.3 Å². The number of morpholine rings is 1. The van der Waals surface area contributed by atoms with E-state index in [9.17, 15) is 9.59 Å². The van der Waals surface area contributed by atoms with Crippen LogP contribution in [0.2, 0.25) is 0 Å². The van der Waals surface area contributed by atoms with Gasteiger partial charge in [-0.15, -0.1) is 0 Å². The van der Waals surface area contributed by atoms with E-state index in [-0.39, 0.29) is 29.7 Å². The van der Waals surface area contributed by atoms with E-state index in [0.29, 0.717) is 6.54 Å². The first-order valence-corrected chi connectivity index (χ1v) is 10.6. The number of benzene rings is 1. The first-order valence-electron chi connectivity index (χ1n) is 10.6. The summed E-state index contributed by atoms with van der Waals surface area (Å²) in [5.74, 6) is 0.316. The van der Waals surface area contributed by atoms with Gasteiger partial charge < -0.3 is 15.4 Å². The van der Waals surface area contributed by atoms with Crippen LogP contribution < -0.4 is 10.6 Å². The Labute approximate surface area is 168 Å². The second-order valence-electron chi connectivity index (χ2n) is 7.93. The van der Waals surface area contributed by atoms with Crippen LogP contribution in [0.15, 0.2) is 30.3 Å². The van der Waals surface area contributed by atoms with Crippen molar-refractivity contribution >= 4 is 11.8 Å². The molecule has 1 aliphatic heterocycles. The van der Waals surface area contributed by atoms with Crippen molar-refractivity contribution in [3.05, 3.63) is 35.9 Å². The van der Waals surface area contributed by atoms with Gasteiger partial charge >= 0.3 is 0 Å². The number of rotatable bonds is 7. The lowest BCUT2D eigenvalue weighted by Gasteiger charge is -2.29. The van der Waals surface area contributed by atoms with Crippen molar-refractivity contribution in [3.8, 4) is 0 Å². The average molecular weight is 388 g/mol. The van der Waals surface area contributed by atoms with Crippen LogP contribution in [0.3, 0.4) is 0 Å². The maximum Gasteiger partial charge on any atom is 0.223 e. The van der Waals surface area contributed by atoms with Gasteiger partial charge in [0.25, 0.3) is 0 Å². The number of hydrogen-bond acceptors (Lipinski definition) is 4. The van der Waals surface area contributed by atoms with Gasteiger partial charge in [-0.3, -0.25) is 14.5 Å². The van der Waals surface area contributed by atoms with E-state index < -0.39 is 0 Å². The fourth-order valence-electron chi connectivity index (χ4n) is 4.08. The van der Waals surface area contributed by atoms with Crippen LogP contribution in [0, 0.1) is 11.8 Å². The summed E-state index contributed by atoms with van der Waals surface area (Å²) in [5, 5.41) is 6.20. The molecule has 1 heterocycles. The fourth-order valence-corrected chi connectivity index (χ4v) is 4.08. The molecule has 1 aromatic rings. The summed E-state index contributed by atoms with van der Waals surface area (Å²) in [4.78, 5) is 27.3. The predicted molar refractivity (Wildman–Crippen MR) is 109 cm³/mol. The minimum absolute atomic E-state index is 0.00918. The van der Waals surface area contributed by atoms with Crippen LogP contribution in [0.1, 0.15) is 44.2 Å². The van der Waals surface area contributed by atoms with E-state index in [1.54, 1.807) is 0 Å². The second kappa shape index (κ2) is 10.6. The van der Waals surface area contributed by atoms with E-state index in [2.05, 4.69) is 15.5 Å². The molecule has 1 atom stereocenters. The third kappa shape index (κ3) is 6.04. The number of ether oxygens (including phenoxy) is 1. The van der Waals surface area contributed by atoms with Gasteiger partial charge in [0.05, 0.1) is 19.3 Å². The number of carbonyl (C=O) groups excluding carboxylic acids is 2. The number of amides is 2. The molecule has 1 aromatic carbocycles. The summed E-state index contributed by atoms with van der Waals surface area (Å²) >= 11 is 0. The molecule has 1 saturated carbocycles. The van der Waals surface area contributed by atoms with E-state index >= 15 is 0 Å². The zero-order chi connectivity index (χ0) is 19.8. The highest BCUT2D eigenvalue weighted by atomic mass is 16.5. The average Bonchev–Trinajstić information content (AvgIpc) is 2.75. The number of nitrogens with one attached hydrogen (secondary N) is 2. The topological polar surface area (TPSA) is 70.7 Å². The van der Waals surface area contributed by atoms with Gasteiger partial charge in [0, 0.05) is 38.0 Å². The first-order chi connectivity index (χ1) is 13.6. The van der Waals surface area contributed by atoms with Crippen LogP contribution in [-0.4, -0.2) is 56.1 Å². The summed E-state index contributed by atoms with van der Waals surface area (Å²) in [6.45, 7) is 7.03. The van der Waals surface area contributed by atoms with E-state index in [1.807, 2.05) is 37.3 Å². The quantitative estimate of drug-likeness (QED) is 0.752. The van der Waals surface area contributed by atoms with E-state index in [4.69, 9.17) is 4.74 Å². The monoisotopic (exact) mass is 387 g/mol. The molecule has 1 saturated heterocycles. The molecule has 2 amide bonds. The number of carbonyl (C=O) groups is 2. The number of nitrogens with zero attached hydrogens (tertiary/aromatic N) is 1. The Morgan fingerprint density at radius 2 is 1.64 bits per heavy atom. The molecule has 154 valence electrons. The Hall–Kier alpha value is -1.92. The first kappa shape index (κ1) is 20.8. The Bertz CT molecular complexity index is 623. The maximum atomic E-state index is 12.6. The molecule has 2 aliphatic rings. The van der Waals surface area contributed by atoms with Gasteiger partial charge in [-0.25, -0.2) is 0 Å². The lowest BCUT2D eigenvalue weighted by Crippen LogP contribution is -2.43. The summed E-state index contributed by atoms with van der Waals surface area (Å²) in [5.41, 5.74) is 1.11. The SMILES string of the molecule is CC(NC(=O)C1CCC(C(=O)NCCN2CCOCC2)CC1)c1ccccc1. The molecule has 0 spiro atoms. The second-order valence-corrected chi connectivity index (χ2v) is 7.93. The van der Waals surface area contributed by atoms with Crippen LogP contribution >= 0.6 is 0 Å². The van der Waals surface area contributed by atoms with Gasteiger partial charge in [0.15, 0.2) is 0 Å². The summed E-state index contributed by atoms with van der Waals surface area (Å²) < 4.78 is 5.34. The minimum atomic E-state index is 0.00918. The molecule has 1 unspecified atom stereocenters. The molecule has 1 aliphatic carbocycles. The molecule has 3 rings (SSSR count). The van der Waals surface area contributed by atoms with Gasteiger partial charge in [0.2, 0.25) is 11.8 Å². The maximum absolute atomic E-state index is 12.6. The lowest BCUT2D eigenvalue weighted by atomic mass is 9.81. The third-order valence-corrected chi connectivity index (χ3v) is 5.96. The standard InChI is InChI=1S/C22H33N3O3/c1-17(18-5-3-2-4-6-18)24-22(27)20-9-7-19(8-10-20)21(26)23-11-12-25-13-15-28-16-14-25/h2-6,17,19-20H,7-16H2,1H3,(H,23,26)(H,24,27). The van der Waals surface area contributed by atoms with Crippen LogP contribution in [0.25, 0.3) is 0 Å². The zero-order valence-corrected chi connectivity index (χ0v) is 16.9. The van der Waals surface area contributed by atoms with Crippen molar-refractivity contribution in [1.29, 1.82) is 0 Å². The Morgan fingerprint density at radius 3 is 2.29 bits per heavy atom. The molecular formula is C22H33N3O3. The zero-order valence-electron chi connectivity index (χ0n) is 16.9.